The Balaban J connectivity index is 1.97. The SMILES string of the molecule is O=C(c1cccnc1)C1Cc2c(F)cccc2C1=O. The van der Waals surface area contributed by atoms with Crippen molar-refractivity contribution in [2.24, 2.45) is 5.92 Å². The van der Waals surface area contributed by atoms with Crippen LogP contribution in [0.4, 0.5) is 4.39 Å². The molecular weight excluding hydrogens is 245 g/mol. The molecule has 0 N–H and O–H groups in total. The van der Waals surface area contributed by atoms with Crippen LogP contribution in [0.15, 0.2) is 42.7 Å². The molecule has 0 bridgehead atoms. The quantitative estimate of drug-likeness (QED) is 0.611. The molecule has 1 aromatic carbocycles. The van der Waals surface area contributed by atoms with Crippen LogP contribution in [0.1, 0.15) is 26.3 Å². The molecule has 0 radical (unpaired) electrons. The molecule has 3 nitrogen and oxygen atoms in total. The molecule has 19 heavy (non-hydrogen) atoms. The van der Waals surface area contributed by atoms with Crippen molar-refractivity contribution in [1.82, 2.24) is 4.98 Å². The molecule has 0 amide bonds. The van der Waals surface area contributed by atoms with E-state index in [2.05, 4.69) is 4.98 Å². The number of ketones is 2. The van der Waals surface area contributed by atoms with Crippen molar-refractivity contribution in [3.8, 4) is 0 Å². The van der Waals surface area contributed by atoms with Gasteiger partial charge in [-0.25, -0.2) is 4.39 Å². The largest absolute Gasteiger partial charge is 0.293 e. The molecule has 1 atom stereocenters. The van der Waals surface area contributed by atoms with Crippen molar-refractivity contribution in [2.45, 2.75) is 6.42 Å². The third-order valence-electron chi connectivity index (χ3n) is 3.37. The summed E-state index contributed by atoms with van der Waals surface area (Å²) in [6.45, 7) is 0. The lowest BCUT2D eigenvalue weighted by molar-refractivity contribution is 0.0822. The van der Waals surface area contributed by atoms with Crippen LogP contribution in [-0.4, -0.2) is 16.6 Å². The van der Waals surface area contributed by atoms with Crippen LogP contribution >= 0.6 is 0 Å². The van der Waals surface area contributed by atoms with E-state index in [-0.39, 0.29) is 18.0 Å². The van der Waals surface area contributed by atoms with Crippen molar-refractivity contribution in [3.05, 3.63) is 65.2 Å². The minimum Gasteiger partial charge on any atom is -0.293 e. The number of hydrogen-bond donors (Lipinski definition) is 0. The van der Waals surface area contributed by atoms with E-state index in [1.54, 1.807) is 24.4 Å². The number of halogens is 1. The Morgan fingerprint density at radius 2 is 2.11 bits per heavy atom. The minimum atomic E-state index is -0.823. The highest BCUT2D eigenvalue weighted by atomic mass is 19.1. The zero-order valence-corrected chi connectivity index (χ0v) is 9.97. The number of fused-ring (bicyclic) bond motifs is 1. The number of carbonyl (C=O) groups is 2. The van der Waals surface area contributed by atoms with Crippen LogP contribution in [0.3, 0.4) is 0 Å². The summed E-state index contributed by atoms with van der Waals surface area (Å²) in [7, 11) is 0. The zero-order valence-electron chi connectivity index (χ0n) is 9.97. The monoisotopic (exact) mass is 255 g/mol. The van der Waals surface area contributed by atoms with Crippen molar-refractivity contribution < 1.29 is 14.0 Å². The lowest BCUT2D eigenvalue weighted by Gasteiger charge is -2.06. The van der Waals surface area contributed by atoms with E-state index in [4.69, 9.17) is 0 Å². The van der Waals surface area contributed by atoms with E-state index in [0.717, 1.165) is 0 Å². The van der Waals surface area contributed by atoms with Gasteiger partial charge in [0, 0.05) is 23.5 Å². The molecule has 0 aliphatic heterocycles. The Kier molecular flexibility index (Phi) is 2.71. The summed E-state index contributed by atoms with van der Waals surface area (Å²) in [6.07, 6.45) is 3.12. The Bertz CT molecular complexity index is 667. The molecule has 1 aliphatic rings. The topological polar surface area (TPSA) is 47.0 Å². The summed E-state index contributed by atoms with van der Waals surface area (Å²) >= 11 is 0. The number of rotatable bonds is 2. The molecule has 1 aromatic heterocycles. The van der Waals surface area contributed by atoms with Crippen LogP contribution in [0.5, 0.6) is 0 Å². The molecule has 94 valence electrons. The molecule has 0 fully saturated rings. The first-order valence-electron chi connectivity index (χ1n) is 5.94. The Morgan fingerprint density at radius 3 is 2.79 bits per heavy atom. The average Bonchev–Trinajstić information content (AvgIpc) is 2.78. The number of Topliss-reactive ketones (excluding diaryl/α,β-unsaturated/α-hetero) is 2. The number of hydrogen-bond acceptors (Lipinski definition) is 3. The van der Waals surface area contributed by atoms with Crippen molar-refractivity contribution in [2.75, 3.05) is 0 Å². The van der Waals surface area contributed by atoms with Crippen LogP contribution in [-0.2, 0) is 6.42 Å². The van der Waals surface area contributed by atoms with Gasteiger partial charge >= 0.3 is 0 Å². The van der Waals surface area contributed by atoms with Gasteiger partial charge in [-0.05, 0) is 30.2 Å². The molecule has 1 heterocycles. The third kappa shape index (κ3) is 1.85. The molecule has 1 aliphatic carbocycles. The van der Waals surface area contributed by atoms with Crippen LogP contribution < -0.4 is 0 Å². The number of aromatic nitrogens is 1. The Hall–Kier alpha value is -2.36. The van der Waals surface area contributed by atoms with Crippen LogP contribution in [0, 0.1) is 11.7 Å². The Morgan fingerprint density at radius 1 is 1.26 bits per heavy atom. The maximum absolute atomic E-state index is 13.6. The first-order valence-corrected chi connectivity index (χ1v) is 5.94. The standard InChI is InChI=1S/C15H10FNO2/c16-13-5-1-4-10-11(13)7-12(15(10)19)14(18)9-3-2-6-17-8-9/h1-6,8,12H,7H2. The third-order valence-corrected chi connectivity index (χ3v) is 3.37. The molecule has 0 spiro atoms. The second kappa shape index (κ2) is 4.39. The summed E-state index contributed by atoms with van der Waals surface area (Å²) in [5.74, 6) is -1.85. The average molecular weight is 255 g/mol. The summed E-state index contributed by atoms with van der Waals surface area (Å²) in [6, 6.07) is 7.62. The maximum Gasteiger partial charge on any atom is 0.175 e. The molecule has 0 saturated heterocycles. The van der Waals surface area contributed by atoms with E-state index in [9.17, 15) is 14.0 Å². The van der Waals surface area contributed by atoms with Crippen LogP contribution in [0.25, 0.3) is 0 Å². The molecule has 1 unspecified atom stereocenters. The fourth-order valence-corrected chi connectivity index (χ4v) is 2.40. The predicted molar refractivity (Wildman–Crippen MR) is 66.5 cm³/mol. The van der Waals surface area contributed by atoms with E-state index >= 15 is 0 Å². The second-order valence-electron chi connectivity index (χ2n) is 4.49. The van der Waals surface area contributed by atoms with Gasteiger partial charge in [0.1, 0.15) is 5.82 Å². The number of pyridine rings is 1. The summed E-state index contributed by atoms with van der Waals surface area (Å²) in [5, 5.41) is 0. The summed E-state index contributed by atoms with van der Waals surface area (Å²) in [5.41, 5.74) is 1.05. The number of benzene rings is 1. The fraction of sp³-hybridized carbons (Fsp3) is 0.133. The smallest absolute Gasteiger partial charge is 0.175 e. The van der Waals surface area contributed by atoms with Gasteiger partial charge in [0.2, 0.25) is 0 Å². The van der Waals surface area contributed by atoms with Gasteiger partial charge in [0.05, 0.1) is 5.92 Å². The van der Waals surface area contributed by atoms with E-state index in [1.165, 1.54) is 18.3 Å². The first kappa shape index (κ1) is 11.7. The Labute approximate surface area is 109 Å². The van der Waals surface area contributed by atoms with Gasteiger partial charge < -0.3 is 0 Å². The molecular formula is C15H10FNO2. The minimum absolute atomic E-state index is 0.133. The van der Waals surface area contributed by atoms with Crippen LogP contribution in [0.2, 0.25) is 0 Å². The highest BCUT2D eigenvalue weighted by molar-refractivity contribution is 6.18. The summed E-state index contributed by atoms with van der Waals surface area (Å²) in [4.78, 5) is 28.3. The van der Waals surface area contributed by atoms with E-state index in [0.29, 0.717) is 16.7 Å². The van der Waals surface area contributed by atoms with E-state index in [1.807, 2.05) is 0 Å². The van der Waals surface area contributed by atoms with Crippen molar-refractivity contribution in [3.63, 3.8) is 0 Å². The fourth-order valence-electron chi connectivity index (χ4n) is 2.40. The van der Waals surface area contributed by atoms with Gasteiger partial charge in [-0.3, -0.25) is 14.6 Å². The zero-order chi connectivity index (χ0) is 13.4. The predicted octanol–water partition coefficient (Wildman–Crippen LogP) is 2.46. The molecule has 2 aromatic rings. The molecule has 3 rings (SSSR count). The lowest BCUT2D eigenvalue weighted by atomic mass is 9.95. The highest BCUT2D eigenvalue weighted by Crippen LogP contribution is 2.30. The van der Waals surface area contributed by atoms with E-state index < -0.39 is 11.7 Å². The van der Waals surface area contributed by atoms with Crippen molar-refractivity contribution >= 4 is 11.6 Å². The second-order valence-corrected chi connectivity index (χ2v) is 4.49. The summed E-state index contributed by atoms with van der Waals surface area (Å²) < 4.78 is 13.6. The molecule has 4 heteroatoms. The lowest BCUT2D eigenvalue weighted by Crippen LogP contribution is -2.20. The van der Waals surface area contributed by atoms with Gasteiger partial charge in [0.25, 0.3) is 0 Å². The van der Waals surface area contributed by atoms with Crippen molar-refractivity contribution in [1.29, 1.82) is 0 Å². The van der Waals surface area contributed by atoms with Gasteiger partial charge in [0.15, 0.2) is 11.6 Å². The first-order chi connectivity index (χ1) is 9.18. The molecule has 0 saturated carbocycles. The maximum atomic E-state index is 13.6. The number of carbonyl (C=O) groups excluding carboxylic acids is 2. The highest BCUT2D eigenvalue weighted by Gasteiger charge is 2.37. The normalized spacial score (nSPS) is 17.3. The van der Waals surface area contributed by atoms with Gasteiger partial charge in [-0.2, -0.15) is 0 Å². The van der Waals surface area contributed by atoms with Gasteiger partial charge in [-0.1, -0.05) is 12.1 Å². The number of nitrogens with zero attached hydrogens (tertiary/aromatic N) is 1. The van der Waals surface area contributed by atoms with Gasteiger partial charge in [-0.15, -0.1) is 0 Å².